The molecule has 2 heterocycles. The van der Waals surface area contributed by atoms with Crippen molar-refractivity contribution in [2.45, 2.75) is 11.3 Å². The van der Waals surface area contributed by atoms with Crippen molar-refractivity contribution in [3.05, 3.63) is 48.2 Å². The zero-order valence-corrected chi connectivity index (χ0v) is 17.3. The van der Waals surface area contributed by atoms with E-state index in [1.807, 2.05) is 0 Å². The number of hydrogen-bond acceptors (Lipinski definition) is 6. The van der Waals surface area contributed by atoms with Gasteiger partial charge in [-0.05, 0) is 24.3 Å². The number of carbonyl (C=O) groups excluding carboxylic acids is 2. The normalized spacial score (nSPS) is 11.4. The molecule has 0 saturated heterocycles. The quantitative estimate of drug-likeness (QED) is 0.554. The van der Waals surface area contributed by atoms with Gasteiger partial charge in [-0.2, -0.15) is 13.2 Å². The summed E-state index contributed by atoms with van der Waals surface area (Å²) in [7, 11) is 2.96. The Labute approximate surface area is 179 Å². The predicted octanol–water partition coefficient (Wildman–Crippen LogP) is 2.95. The van der Waals surface area contributed by atoms with Gasteiger partial charge in [0.2, 0.25) is 11.8 Å². The number of ether oxygens (including phenoxy) is 1. The van der Waals surface area contributed by atoms with Gasteiger partial charge in [0.25, 0.3) is 0 Å². The fourth-order valence-electron chi connectivity index (χ4n) is 2.58. The first-order valence-electron chi connectivity index (χ1n) is 8.90. The number of anilines is 1. The van der Waals surface area contributed by atoms with Crippen LogP contribution >= 0.6 is 11.8 Å². The lowest BCUT2D eigenvalue weighted by atomic mass is 10.3. The minimum absolute atomic E-state index is 0.125. The monoisotopic (exact) mass is 453 g/mol. The number of benzene rings is 1. The van der Waals surface area contributed by atoms with Crippen LogP contribution in [0.5, 0.6) is 5.75 Å². The number of carbonyl (C=O) groups is 2. The topological polar surface area (TPSA) is 88.8 Å². The smallest absolute Gasteiger partial charge is 0.417 e. The van der Waals surface area contributed by atoms with Gasteiger partial charge in [0.15, 0.2) is 10.8 Å². The third kappa shape index (κ3) is 5.66. The van der Waals surface area contributed by atoms with Gasteiger partial charge < -0.3 is 15.0 Å². The van der Waals surface area contributed by atoms with Gasteiger partial charge >= 0.3 is 6.18 Å². The van der Waals surface area contributed by atoms with Crippen LogP contribution in [0.4, 0.5) is 18.9 Å². The van der Waals surface area contributed by atoms with Crippen molar-refractivity contribution >= 4 is 34.9 Å². The van der Waals surface area contributed by atoms with Crippen molar-refractivity contribution in [3.63, 3.8) is 0 Å². The third-order valence-electron chi connectivity index (χ3n) is 4.18. The van der Waals surface area contributed by atoms with Gasteiger partial charge in [0.1, 0.15) is 5.75 Å². The summed E-state index contributed by atoms with van der Waals surface area (Å²) in [5.41, 5.74) is -0.0942. The molecule has 0 radical (unpaired) electrons. The number of thioether (sulfide) groups is 1. The molecule has 3 aromatic rings. The summed E-state index contributed by atoms with van der Waals surface area (Å²) in [6, 6.07) is 8.89. The summed E-state index contributed by atoms with van der Waals surface area (Å²) in [6.07, 6.45) is -3.62. The van der Waals surface area contributed by atoms with E-state index in [4.69, 9.17) is 4.74 Å². The predicted molar refractivity (Wildman–Crippen MR) is 108 cm³/mol. The maximum absolute atomic E-state index is 12.9. The van der Waals surface area contributed by atoms with Crippen LogP contribution in [0.25, 0.3) is 5.65 Å². The van der Waals surface area contributed by atoms with Gasteiger partial charge in [-0.1, -0.05) is 17.8 Å². The number of pyridine rings is 1. The third-order valence-corrected chi connectivity index (χ3v) is 5.11. The summed E-state index contributed by atoms with van der Waals surface area (Å²) in [5, 5.41) is 10.4. The molecule has 0 bridgehead atoms. The van der Waals surface area contributed by atoms with E-state index in [0.717, 1.165) is 24.0 Å². The average Bonchev–Trinajstić information content (AvgIpc) is 3.13. The highest BCUT2D eigenvalue weighted by Crippen LogP contribution is 2.30. The molecule has 8 nitrogen and oxygen atoms in total. The van der Waals surface area contributed by atoms with E-state index in [1.54, 1.807) is 24.3 Å². The Balaban J connectivity index is 1.58. The lowest BCUT2D eigenvalue weighted by molar-refractivity contribution is -0.138. The Morgan fingerprint density at radius 2 is 2.00 bits per heavy atom. The van der Waals surface area contributed by atoms with E-state index < -0.39 is 23.6 Å². The molecule has 2 aromatic heterocycles. The highest BCUT2D eigenvalue weighted by molar-refractivity contribution is 7.99. The van der Waals surface area contributed by atoms with Gasteiger partial charge in [0.05, 0.1) is 25.0 Å². The second-order valence-electron chi connectivity index (χ2n) is 6.44. The number of aromatic nitrogens is 3. The summed E-state index contributed by atoms with van der Waals surface area (Å²) in [4.78, 5) is 25.8. The molecule has 3 rings (SSSR count). The fourth-order valence-corrected chi connectivity index (χ4v) is 3.43. The van der Waals surface area contributed by atoms with Crippen LogP contribution in [0.3, 0.4) is 0 Å². The van der Waals surface area contributed by atoms with Gasteiger partial charge in [-0.25, -0.2) is 0 Å². The van der Waals surface area contributed by atoms with Crippen molar-refractivity contribution < 1.29 is 27.5 Å². The van der Waals surface area contributed by atoms with E-state index in [2.05, 4.69) is 15.5 Å². The van der Waals surface area contributed by atoms with Crippen LogP contribution in [-0.4, -0.2) is 57.8 Å². The molecule has 164 valence electrons. The fraction of sp³-hybridized carbons (Fsp3) is 0.263. The van der Waals surface area contributed by atoms with Crippen molar-refractivity contribution in [1.29, 1.82) is 0 Å². The number of rotatable bonds is 7. The number of likely N-dealkylation sites (N-methyl/N-ethyl adjacent to an activating group) is 1. The highest BCUT2D eigenvalue weighted by Gasteiger charge is 2.31. The van der Waals surface area contributed by atoms with Gasteiger partial charge in [-0.3, -0.25) is 14.0 Å². The van der Waals surface area contributed by atoms with Crippen molar-refractivity contribution in [3.8, 4) is 5.75 Å². The first-order chi connectivity index (χ1) is 14.7. The number of halogens is 3. The minimum Gasteiger partial charge on any atom is -0.497 e. The molecule has 0 fully saturated rings. The van der Waals surface area contributed by atoms with Crippen LogP contribution in [0, 0.1) is 0 Å². The number of amides is 2. The molecule has 31 heavy (non-hydrogen) atoms. The van der Waals surface area contributed by atoms with E-state index in [9.17, 15) is 22.8 Å². The Kier molecular flexibility index (Phi) is 6.68. The van der Waals surface area contributed by atoms with Crippen molar-refractivity contribution in [2.75, 3.05) is 31.8 Å². The second-order valence-corrected chi connectivity index (χ2v) is 7.39. The first-order valence-corrected chi connectivity index (χ1v) is 9.88. The molecule has 0 atom stereocenters. The van der Waals surface area contributed by atoms with Crippen LogP contribution in [-0.2, 0) is 15.8 Å². The summed E-state index contributed by atoms with van der Waals surface area (Å²) >= 11 is 0.931. The standard InChI is InChI=1S/C19H18F3N5O3S/c1-26(10-16(28)23-13-4-3-5-14(8-13)30-2)17(29)11-31-18-25-24-15-7-6-12(9-27(15)18)19(20,21)22/h3-9H,10-11H2,1-2H3,(H,23,28). The summed E-state index contributed by atoms with van der Waals surface area (Å²) in [5.74, 6) is -0.348. The summed E-state index contributed by atoms with van der Waals surface area (Å²) in [6.45, 7) is -0.199. The van der Waals surface area contributed by atoms with Crippen LogP contribution in [0.15, 0.2) is 47.8 Å². The molecule has 0 spiro atoms. The molecule has 1 N–H and O–H groups in total. The molecule has 0 saturated carbocycles. The average molecular weight is 453 g/mol. The molecule has 0 unspecified atom stereocenters. The number of fused-ring (bicyclic) bond motifs is 1. The van der Waals surface area contributed by atoms with Crippen LogP contribution in [0.1, 0.15) is 5.56 Å². The Bertz CT molecular complexity index is 1100. The maximum Gasteiger partial charge on any atom is 0.417 e. The Morgan fingerprint density at radius 3 is 2.71 bits per heavy atom. The van der Waals surface area contributed by atoms with E-state index in [1.165, 1.54) is 29.5 Å². The lowest BCUT2D eigenvalue weighted by Gasteiger charge is -2.16. The molecular weight excluding hydrogens is 435 g/mol. The second kappa shape index (κ2) is 9.25. The van der Waals surface area contributed by atoms with Crippen LogP contribution in [0.2, 0.25) is 0 Å². The maximum atomic E-state index is 12.9. The zero-order chi connectivity index (χ0) is 22.6. The van der Waals surface area contributed by atoms with Gasteiger partial charge in [0, 0.05) is 25.0 Å². The number of nitrogens with one attached hydrogen (secondary N) is 1. The Morgan fingerprint density at radius 1 is 1.23 bits per heavy atom. The molecule has 0 aliphatic heterocycles. The molecule has 0 aliphatic carbocycles. The van der Waals surface area contributed by atoms with Crippen molar-refractivity contribution in [1.82, 2.24) is 19.5 Å². The molecule has 12 heteroatoms. The summed E-state index contributed by atoms with van der Waals surface area (Å²) < 4.78 is 45.0. The van der Waals surface area contributed by atoms with Crippen LogP contribution < -0.4 is 10.1 Å². The van der Waals surface area contributed by atoms with Crippen molar-refractivity contribution in [2.24, 2.45) is 0 Å². The van der Waals surface area contributed by atoms with E-state index in [0.29, 0.717) is 11.4 Å². The highest BCUT2D eigenvalue weighted by atomic mass is 32.2. The van der Waals surface area contributed by atoms with Gasteiger partial charge in [-0.15, -0.1) is 10.2 Å². The first kappa shape index (κ1) is 22.4. The molecule has 0 aliphatic rings. The zero-order valence-electron chi connectivity index (χ0n) is 16.5. The SMILES string of the molecule is COc1cccc(NC(=O)CN(C)C(=O)CSc2nnc3ccc(C(F)(F)F)cn23)c1. The minimum atomic E-state index is -4.51. The lowest BCUT2D eigenvalue weighted by Crippen LogP contribution is -2.36. The molecule has 2 amide bonds. The Hall–Kier alpha value is -3.28. The largest absolute Gasteiger partial charge is 0.497 e. The molecular formula is C19H18F3N5O3S. The number of methoxy groups -OCH3 is 1. The van der Waals surface area contributed by atoms with E-state index >= 15 is 0 Å². The number of nitrogens with zero attached hydrogens (tertiary/aromatic N) is 4. The molecule has 1 aromatic carbocycles. The number of hydrogen-bond donors (Lipinski definition) is 1. The number of alkyl halides is 3. The van der Waals surface area contributed by atoms with E-state index in [-0.39, 0.29) is 23.1 Å².